The summed E-state index contributed by atoms with van der Waals surface area (Å²) < 4.78 is 0. The van der Waals surface area contributed by atoms with Gasteiger partial charge in [-0.15, -0.1) is 0 Å². The van der Waals surface area contributed by atoms with Crippen molar-refractivity contribution < 1.29 is 4.79 Å². The van der Waals surface area contributed by atoms with Gasteiger partial charge < -0.3 is 4.79 Å². The first kappa shape index (κ1) is 14.6. The van der Waals surface area contributed by atoms with Crippen LogP contribution in [0.5, 0.6) is 0 Å². The molecule has 0 aliphatic heterocycles. The second kappa shape index (κ2) is 7.00. The standard InChI is InChI=1S/C13H27NO/c1-6-12(5)14(9-4)10-13(7-2,8-3)11-15/h11-12H,6-10H2,1-5H3. The third-order valence-electron chi connectivity index (χ3n) is 3.80. The molecule has 0 aromatic rings. The van der Waals surface area contributed by atoms with E-state index in [9.17, 15) is 4.79 Å². The number of rotatable bonds is 8. The van der Waals surface area contributed by atoms with E-state index in [0.717, 1.165) is 38.6 Å². The third kappa shape index (κ3) is 3.94. The van der Waals surface area contributed by atoms with E-state index in [0.29, 0.717) is 6.04 Å². The van der Waals surface area contributed by atoms with Crippen molar-refractivity contribution >= 4 is 6.29 Å². The molecule has 0 heterocycles. The number of aldehydes is 1. The first-order chi connectivity index (χ1) is 7.09. The van der Waals surface area contributed by atoms with Crippen LogP contribution in [-0.2, 0) is 4.79 Å². The number of carbonyl (C=O) groups is 1. The maximum atomic E-state index is 11.2. The molecule has 0 amide bonds. The van der Waals surface area contributed by atoms with Crippen LogP contribution in [0.1, 0.15) is 53.9 Å². The first-order valence-corrected chi connectivity index (χ1v) is 6.29. The van der Waals surface area contributed by atoms with Crippen LogP contribution in [0.2, 0.25) is 0 Å². The topological polar surface area (TPSA) is 20.3 Å². The number of hydrogen-bond acceptors (Lipinski definition) is 2. The van der Waals surface area contributed by atoms with Gasteiger partial charge in [0.1, 0.15) is 6.29 Å². The highest BCUT2D eigenvalue weighted by molar-refractivity contribution is 5.59. The van der Waals surface area contributed by atoms with Gasteiger partial charge in [0.25, 0.3) is 0 Å². The molecule has 0 radical (unpaired) electrons. The van der Waals surface area contributed by atoms with Crippen LogP contribution >= 0.6 is 0 Å². The van der Waals surface area contributed by atoms with Crippen molar-refractivity contribution in [1.82, 2.24) is 4.90 Å². The van der Waals surface area contributed by atoms with E-state index in [1.54, 1.807) is 0 Å². The summed E-state index contributed by atoms with van der Waals surface area (Å²) in [7, 11) is 0. The van der Waals surface area contributed by atoms with Crippen molar-refractivity contribution in [3.05, 3.63) is 0 Å². The van der Waals surface area contributed by atoms with E-state index < -0.39 is 0 Å². The molecule has 0 aromatic heterocycles. The summed E-state index contributed by atoms with van der Waals surface area (Å²) in [6.07, 6.45) is 4.20. The van der Waals surface area contributed by atoms with Crippen LogP contribution in [0, 0.1) is 5.41 Å². The average Bonchev–Trinajstić information content (AvgIpc) is 2.31. The smallest absolute Gasteiger partial charge is 0.127 e. The molecular weight excluding hydrogens is 186 g/mol. The zero-order valence-corrected chi connectivity index (χ0v) is 11.0. The predicted octanol–water partition coefficient (Wildman–Crippen LogP) is 3.11. The molecule has 0 aromatic carbocycles. The Kier molecular flexibility index (Phi) is 6.82. The molecule has 0 saturated heterocycles. The van der Waals surface area contributed by atoms with Gasteiger partial charge in [-0.25, -0.2) is 0 Å². The van der Waals surface area contributed by atoms with Crippen LogP contribution in [0.25, 0.3) is 0 Å². The van der Waals surface area contributed by atoms with E-state index in [1.165, 1.54) is 0 Å². The van der Waals surface area contributed by atoms with Gasteiger partial charge in [0, 0.05) is 18.0 Å². The van der Waals surface area contributed by atoms with Crippen LogP contribution in [-0.4, -0.2) is 30.3 Å². The Labute approximate surface area is 95.0 Å². The summed E-state index contributed by atoms with van der Waals surface area (Å²) in [4.78, 5) is 13.6. The summed E-state index contributed by atoms with van der Waals surface area (Å²) in [6.45, 7) is 12.8. The fraction of sp³-hybridized carbons (Fsp3) is 0.923. The van der Waals surface area contributed by atoms with Crippen LogP contribution in [0.4, 0.5) is 0 Å². The Morgan fingerprint density at radius 2 is 1.73 bits per heavy atom. The highest BCUT2D eigenvalue weighted by atomic mass is 16.1. The predicted molar refractivity (Wildman–Crippen MR) is 66.1 cm³/mol. The number of carbonyl (C=O) groups excluding carboxylic acids is 1. The Morgan fingerprint density at radius 3 is 2.00 bits per heavy atom. The maximum Gasteiger partial charge on any atom is 0.127 e. The van der Waals surface area contributed by atoms with Gasteiger partial charge in [-0.1, -0.05) is 27.7 Å². The average molecular weight is 213 g/mol. The lowest BCUT2D eigenvalue weighted by atomic mass is 9.83. The lowest BCUT2D eigenvalue weighted by Gasteiger charge is -2.35. The van der Waals surface area contributed by atoms with E-state index in [4.69, 9.17) is 0 Å². The molecule has 0 spiro atoms. The van der Waals surface area contributed by atoms with Gasteiger partial charge >= 0.3 is 0 Å². The minimum atomic E-state index is -0.126. The molecule has 90 valence electrons. The minimum absolute atomic E-state index is 0.126. The molecule has 15 heavy (non-hydrogen) atoms. The van der Waals surface area contributed by atoms with Gasteiger partial charge in [-0.2, -0.15) is 0 Å². The minimum Gasteiger partial charge on any atom is -0.303 e. The molecule has 2 heteroatoms. The normalized spacial score (nSPS) is 14.3. The second-order valence-electron chi connectivity index (χ2n) is 4.51. The summed E-state index contributed by atoms with van der Waals surface area (Å²) >= 11 is 0. The highest BCUT2D eigenvalue weighted by Crippen LogP contribution is 2.26. The van der Waals surface area contributed by atoms with Crippen molar-refractivity contribution in [3.8, 4) is 0 Å². The summed E-state index contributed by atoms with van der Waals surface area (Å²) in [5, 5.41) is 0. The number of nitrogens with zero attached hydrogens (tertiary/aromatic N) is 1. The zero-order chi connectivity index (χ0) is 11.9. The lowest BCUT2D eigenvalue weighted by Crippen LogP contribution is -2.42. The largest absolute Gasteiger partial charge is 0.303 e. The van der Waals surface area contributed by atoms with Crippen molar-refractivity contribution in [2.75, 3.05) is 13.1 Å². The van der Waals surface area contributed by atoms with Gasteiger partial charge in [0.15, 0.2) is 0 Å². The fourth-order valence-corrected chi connectivity index (χ4v) is 1.92. The van der Waals surface area contributed by atoms with Crippen LogP contribution in [0.15, 0.2) is 0 Å². The van der Waals surface area contributed by atoms with Crippen molar-refractivity contribution in [2.24, 2.45) is 5.41 Å². The van der Waals surface area contributed by atoms with E-state index in [1.807, 2.05) is 0 Å². The summed E-state index contributed by atoms with van der Waals surface area (Å²) in [5.41, 5.74) is -0.126. The van der Waals surface area contributed by atoms with Crippen LogP contribution < -0.4 is 0 Å². The Hall–Kier alpha value is -0.370. The first-order valence-electron chi connectivity index (χ1n) is 6.29. The van der Waals surface area contributed by atoms with Crippen LogP contribution in [0.3, 0.4) is 0 Å². The van der Waals surface area contributed by atoms with Crippen molar-refractivity contribution in [3.63, 3.8) is 0 Å². The maximum absolute atomic E-state index is 11.2. The SMILES string of the molecule is CCC(C)N(CC)CC(C=O)(CC)CC. The molecule has 2 nitrogen and oxygen atoms in total. The van der Waals surface area contributed by atoms with Gasteiger partial charge in [-0.05, 0) is 32.7 Å². The Balaban J connectivity index is 4.54. The fourth-order valence-electron chi connectivity index (χ4n) is 1.92. The third-order valence-corrected chi connectivity index (χ3v) is 3.80. The van der Waals surface area contributed by atoms with E-state index >= 15 is 0 Å². The molecule has 1 unspecified atom stereocenters. The van der Waals surface area contributed by atoms with Gasteiger partial charge in [-0.3, -0.25) is 4.90 Å². The molecule has 0 aliphatic carbocycles. The second-order valence-corrected chi connectivity index (χ2v) is 4.51. The molecular formula is C13H27NO. The van der Waals surface area contributed by atoms with Gasteiger partial charge in [0.05, 0.1) is 0 Å². The summed E-state index contributed by atoms with van der Waals surface area (Å²) in [5.74, 6) is 0. The molecule has 0 bridgehead atoms. The lowest BCUT2D eigenvalue weighted by molar-refractivity contribution is -0.118. The quantitative estimate of drug-likeness (QED) is 0.577. The number of hydrogen-bond donors (Lipinski definition) is 0. The van der Waals surface area contributed by atoms with Gasteiger partial charge in [0.2, 0.25) is 0 Å². The molecule has 0 fully saturated rings. The molecule has 0 saturated carbocycles. The van der Waals surface area contributed by atoms with E-state index in [-0.39, 0.29) is 5.41 Å². The van der Waals surface area contributed by atoms with Crippen molar-refractivity contribution in [2.45, 2.75) is 59.9 Å². The Bertz CT molecular complexity index is 175. The van der Waals surface area contributed by atoms with E-state index in [2.05, 4.69) is 39.5 Å². The highest BCUT2D eigenvalue weighted by Gasteiger charge is 2.29. The zero-order valence-electron chi connectivity index (χ0n) is 11.0. The molecule has 0 rings (SSSR count). The molecule has 0 aliphatic rings. The Morgan fingerprint density at radius 1 is 1.20 bits per heavy atom. The molecule has 0 N–H and O–H groups in total. The molecule has 1 atom stereocenters. The summed E-state index contributed by atoms with van der Waals surface area (Å²) in [6, 6.07) is 0.576. The van der Waals surface area contributed by atoms with Crippen molar-refractivity contribution in [1.29, 1.82) is 0 Å². The monoisotopic (exact) mass is 213 g/mol.